The van der Waals surface area contributed by atoms with Crippen molar-refractivity contribution in [1.82, 2.24) is 10.3 Å². The summed E-state index contributed by atoms with van der Waals surface area (Å²) in [6, 6.07) is 1.28. The second-order valence-electron chi connectivity index (χ2n) is 4.43. The number of nitrogens with one attached hydrogen (secondary N) is 1. The summed E-state index contributed by atoms with van der Waals surface area (Å²) in [5, 5.41) is 13.0. The molecule has 1 amide bonds. The Hall–Kier alpha value is -0.840. The van der Waals surface area contributed by atoms with Gasteiger partial charge in [-0.3, -0.25) is 4.79 Å². The lowest BCUT2D eigenvalue weighted by Gasteiger charge is -2.28. The van der Waals surface area contributed by atoms with Gasteiger partial charge in [0.25, 0.3) is 5.91 Å². The number of nitrogens with zero attached hydrogens (tertiary/aromatic N) is 1. The lowest BCUT2D eigenvalue weighted by molar-refractivity contribution is 0.0717. The Morgan fingerprint density at radius 2 is 2.11 bits per heavy atom. The van der Waals surface area contributed by atoms with Crippen LogP contribution in [0.3, 0.4) is 0 Å². The minimum Gasteiger partial charge on any atom is -0.391 e. The van der Waals surface area contributed by atoms with E-state index in [4.69, 9.17) is 23.2 Å². The molecule has 1 aliphatic rings. The molecule has 98 valence electrons. The van der Waals surface area contributed by atoms with Crippen LogP contribution in [0.1, 0.15) is 36.0 Å². The van der Waals surface area contributed by atoms with E-state index in [1.54, 1.807) is 0 Å². The van der Waals surface area contributed by atoms with Gasteiger partial charge in [0.05, 0.1) is 22.7 Å². The van der Waals surface area contributed by atoms with Crippen molar-refractivity contribution in [2.24, 2.45) is 0 Å². The normalized spacial score (nSPS) is 23.7. The summed E-state index contributed by atoms with van der Waals surface area (Å²) in [5.74, 6) is -0.285. The van der Waals surface area contributed by atoms with E-state index >= 15 is 0 Å². The van der Waals surface area contributed by atoms with Crippen molar-refractivity contribution in [3.05, 3.63) is 28.0 Å². The maximum atomic E-state index is 12.0. The number of pyridine rings is 1. The molecule has 18 heavy (non-hydrogen) atoms. The number of carbonyl (C=O) groups is 1. The van der Waals surface area contributed by atoms with Gasteiger partial charge >= 0.3 is 0 Å². The van der Waals surface area contributed by atoms with Gasteiger partial charge in [0.15, 0.2) is 0 Å². The Morgan fingerprint density at radius 1 is 1.39 bits per heavy atom. The quantitative estimate of drug-likeness (QED) is 0.822. The first-order valence-corrected chi connectivity index (χ1v) is 6.63. The molecule has 0 aliphatic heterocycles. The summed E-state index contributed by atoms with van der Waals surface area (Å²) in [5.41, 5.74) is 0.349. The van der Waals surface area contributed by atoms with E-state index in [1.165, 1.54) is 12.3 Å². The zero-order chi connectivity index (χ0) is 13.1. The molecule has 2 atom stereocenters. The Kier molecular flexibility index (Phi) is 4.43. The van der Waals surface area contributed by atoms with Crippen LogP contribution in [0.15, 0.2) is 12.3 Å². The van der Waals surface area contributed by atoms with Gasteiger partial charge in [-0.1, -0.05) is 36.0 Å². The second-order valence-corrected chi connectivity index (χ2v) is 5.19. The molecule has 1 heterocycles. The highest BCUT2D eigenvalue weighted by Crippen LogP contribution is 2.21. The zero-order valence-electron chi connectivity index (χ0n) is 9.70. The number of rotatable bonds is 2. The van der Waals surface area contributed by atoms with E-state index in [-0.39, 0.29) is 22.1 Å². The molecule has 6 heteroatoms. The Bertz CT molecular complexity index is 454. The number of hydrogen-bond donors (Lipinski definition) is 2. The topological polar surface area (TPSA) is 62.2 Å². The lowest BCUT2D eigenvalue weighted by atomic mass is 9.92. The molecule has 0 unspecified atom stereocenters. The smallest absolute Gasteiger partial charge is 0.253 e. The zero-order valence-corrected chi connectivity index (χ0v) is 11.2. The molecule has 0 aromatic carbocycles. The van der Waals surface area contributed by atoms with Gasteiger partial charge in [0.2, 0.25) is 0 Å². The van der Waals surface area contributed by atoms with Crippen LogP contribution >= 0.6 is 23.2 Å². The first-order chi connectivity index (χ1) is 8.58. The highest BCUT2D eigenvalue weighted by molar-refractivity contribution is 6.41. The van der Waals surface area contributed by atoms with E-state index in [2.05, 4.69) is 10.3 Å². The maximum absolute atomic E-state index is 12.0. The predicted molar refractivity (Wildman–Crippen MR) is 70.0 cm³/mol. The van der Waals surface area contributed by atoms with Gasteiger partial charge < -0.3 is 10.4 Å². The largest absolute Gasteiger partial charge is 0.391 e. The van der Waals surface area contributed by atoms with Crippen LogP contribution in [-0.4, -0.2) is 28.1 Å². The molecule has 0 radical (unpaired) electrons. The molecular formula is C12H14Cl2N2O2. The van der Waals surface area contributed by atoms with Crippen molar-refractivity contribution in [2.45, 2.75) is 37.8 Å². The fraction of sp³-hybridized carbons (Fsp3) is 0.500. The summed E-state index contributed by atoms with van der Waals surface area (Å²) < 4.78 is 0. The van der Waals surface area contributed by atoms with Crippen LogP contribution < -0.4 is 5.32 Å². The number of hydrogen-bond acceptors (Lipinski definition) is 3. The summed E-state index contributed by atoms with van der Waals surface area (Å²) in [6.45, 7) is 0. The minimum atomic E-state index is -0.474. The van der Waals surface area contributed by atoms with Crippen molar-refractivity contribution < 1.29 is 9.90 Å². The van der Waals surface area contributed by atoms with E-state index in [9.17, 15) is 9.90 Å². The number of halogens is 2. The van der Waals surface area contributed by atoms with E-state index in [0.717, 1.165) is 25.7 Å². The minimum absolute atomic E-state index is 0.172. The van der Waals surface area contributed by atoms with Crippen molar-refractivity contribution in [3.63, 3.8) is 0 Å². The predicted octanol–water partition coefficient (Wildman–Crippen LogP) is 2.42. The standard InChI is InChI=1S/C12H14Cl2N2O2/c13-8-5-7(6-15-11(8)14)12(18)16-9-3-1-2-4-10(9)17/h5-6,9-10,17H,1-4H2,(H,16,18)/t9-,10-/m0/s1. The van der Waals surface area contributed by atoms with Gasteiger partial charge in [0, 0.05) is 6.20 Å². The molecule has 1 aromatic heterocycles. The van der Waals surface area contributed by atoms with E-state index in [1.807, 2.05) is 0 Å². The molecule has 0 bridgehead atoms. The van der Waals surface area contributed by atoms with Crippen LogP contribution in [-0.2, 0) is 0 Å². The maximum Gasteiger partial charge on any atom is 0.253 e. The van der Waals surface area contributed by atoms with Gasteiger partial charge in [0.1, 0.15) is 5.15 Å². The van der Waals surface area contributed by atoms with Gasteiger partial charge in [-0.25, -0.2) is 4.98 Å². The fourth-order valence-corrected chi connectivity index (χ4v) is 2.35. The number of amides is 1. The van der Waals surface area contributed by atoms with Gasteiger partial charge in [-0.05, 0) is 18.9 Å². The van der Waals surface area contributed by atoms with Gasteiger partial charge in [-0.15, -0.1) is 0 Å². The van der Waals surface area contributed by atoms with Crippen LogP contribution in [0.2, 0.25) is 10.2 Å². The number of aromatic nitrogens is 1. The van der Waals surface area contributed by atoms with Crippen LogP contribution in [0, 0.1) is 0 Å². The first-order valence-electron chi connectivity index (χ1n) is 5.88. The Labute approximate surface area is 115 Å². The average Bonchev–Trinajstić information content (AvgIpc) is 2.35. The van der Waals surface area contributed by atoms with Crippen LogP contribution in [0.5, 0.6) is 0 Å². The number of aliphatic hydroxyl groups excluding tert-OH is 1. The highest BCUT2D eigenvalue weighted by atomic mass is 35.5. The average molecular weight is 289 g/mol. The molecule has 0 spiro atoms. The SMILES string of the molecule is O=C(N[C@H]1CCCC[C@@H]1O)c1cnc(Cl)c(Cl)c1. The molecule has 2 N–H and O–H groups in total. The van der Waals surface area contributed by atoms with Crippen molar-refractivity contribution in [1.29, 1.82) is 0 Å². The van der Waals surface area contributed by atoms with Crippen molar-refractivity contribution >= 4 is 29.1 Å². The number of carbonyl (C=O) groups excluding carboxylic acids is 1. The summed E-state index contributed by atoms with van der Waals surface area (Å²) >= 11 is 11.5. The molecule has 4 nitrogen and oxygen atoms in total. The third-order valence-electron chi connectivity index (χ3n) is 3.10. The summed E-state index contributed by atoms with van der Waals surface area (Å²) in [7, 11) is 0. The summed E-state index contributed by atoms with van der Waals surface area (Å²) in [6.07, 6.45) is 4.44. The number of aliphatic hydroxyl groups is 1. The van der Waals surface area contributed by atoms with Gasteiger partial charge in [-0.2, -0.15) is 0 Å². The van der Waals surface area contributed by atoms with Crippen LogP contribution in [0.25, 0.3) is 0 Å². The first kappa shape index (κ1) is 13.6. The van der Waals surface area contributed by atoms with E-state index in [0.29, 0.717) is 5.56 Å². The highest BCUT2D eigenvalue weighted by Gasteiger charge is 2.25. The lowest BCUT2D eigenvalue weighted by Crippen LogP contribution is -2.45. The molecule has 1 saturated carbocycles. The Morgan fingerprint density at radius 3 is 2.78 bits per heavy atom. The third-order valence-corrected chi connectivity index (χ3v) is 3.79. The molecule has 1 aliphatic carbocycles. The Balaban J connectivity index is 2.04. The van der Waals surface area contributed by atoms with Crippen LogP contribution in [0.4, 0.5) is 0 Å². The fourth-order valence-electron chi connectivity index (χ4n) is 2.08. The van der Waals surface area contributed by atoms with Crippen molar-refractivity contribution in [2.75, 3.05) is 0 Å². The monoisotopic (exact) mass is 288 g/mol. The molecule has 0 saturated heterocycles. The molecule has 1 aromatic rings. The van der Waals surface area contributed by atoms with Crippen molar-refractivity contribution in [3.8, 4) is 0 Å². The molecule has 1 fully saturated rings. The second kappa shape index (κ2) is 5.87. The van der Waals surface area contributed by atoms with E-state index < -0.39 is 6.10 Å². The molecular weight excluding hydrogens is 275 g/mol. The molecule has 2 rings (SSSR count). The summed E-state index contributed by atoms with van der Waals surface area (Å²) in [4.78, 5) is 15.8. The third kappa shape index (κ3) is 3.13.